The lowest BCUT2D eigenvalue weighted by atomic mass is 9.70. The van der Waals surface area contributed by atoms with Crippen LogP contribution in [0.3, 0.4) is 0 Å². The summed E-state index contributed by atoms with van der Waals surface area (Å²) < 4.78 is 12.2. The third-order valence-electron chi connectivity index (χ3n) is 14.7. The van der Waals surface area contributed by atoms with Crippen LogP contribution in [0, 0.1) is 35.0 Å². The van der Waals surface area contributed by atoms with Crippen LogP contribution in [0.15, 0.2) is 0 Å². The molecule has 3 atom stereocenters. The molecular formula is C44H82N6O2. The van der Waals surface area contributed by atoms with Crippen molar-refractivity contribution < 1.29 is 9.47 Å². The first kappa shape index (κ1) is 39.9. The number of piperidine rings is 2. The Kier molecular flexibility index (Phi) is 13.1. The van der Waals surface area contributed by atoms with Crippen LogP contribution in [-0.2, 0) is 9.47 Å². The van der Waals surface area contributed by atoms with E-state index in [2.05, 4.69) is 84.8 Å². The van der Waals surface area contributed by atoms with E-state index in [0.29, 0.717) is 35.8 Å². The van der Waals surface area contributed by atoms with Crippen LogP contribution in [0.25, 0.3) is 0 Å². The second-order valence-corrected chi connectivity index (χ2v) is 21.2. The topological polar surface area (TPSA) is 37.9 Å². The van der Waals surface area contributed by atoms with Crippen LogP contribution < -0.4 is 0 Å². The summed E-state index contributed by atoms with van der Waals surface area (Å²) in [6.45, 7) is 39.4. The maximum absolute atomic E-state index is 6.20. The van der Waals surface area contributed by atoms with Crippen molar-refractivity contribution in [3.8, 4) is 0 Å². The Hall–Kier alpha value is -0.320. The third-order valence-corrected chi connectivity index (χ3v) is 14.7. The van der Waals surface area contributed by atoms with E-state index in [1.54, 1.807) is 0 Å². The summed E-state index contributed by atoms with van der Waals surface area (Å²) in [6, 6.07) is 1.38. The molecule has 300 valence electrons. The second-order valence-electron chi connectivity index (χ2n) is 21.2. The average molecular weight is 727 g/mol. The van der Waals surface area contributed by atoms with Crippen molar-refractivity contribution in [1.82, 2.24) is 29.4 Å². The van der Waals surface area contributed by atoms with E-state index in [-0.39, 0.29) is 5.60 Å². The first-order chi connectivity index (χ1) is 24.8. The summed E-state index contributed by atoms with van der Waals surface area (Å²) in [4.78, 5) is 16.8. The number of nitrogens with zero attached hydrogens (tertiary/aromatic N) is 6. The molecule has 2 saturated carbocycles. The van der Waals surface area contributed by atoms with Gasteiger partial charge in [-0.3, -0.25) is 0 Å². The predicted molar refractivity (Wildman–Crippen MR) is 215 cm³/mol. The fourth-order valence-electron chi connectivity index (χ4n) is 11.8. The minimum Gasteiger partial charge on any atom is -0.376 e. The quantitative estimate of drug-likeness (QED) is 0.208. The zero-order chi connectivity index (χ0) is 36.6. The van der Waals surface area contributed by atoms with Gasteiger partial charge in [0.15, 0.2) is 0 Å². The Labute approximate surface area is 320 Å². The molecule has 8 heteroatoms. The molecule has 0 N–H and O–H groups in total. The molecule has 7 fully saturated rings. The Morgan fingerprint density at radius 1 is 0.577 bits per heavy atom. The van der Waals surface area contributed by atoms with Gasteiger partial charge in [0.1, 0.15) is 0 Å². The number of hydrogen-bond donors (Lipinski definition) is 0. The minimum atomic E-state index is 0.00573. The molecule has 0 radical (unpaired) electrons. The van der Waals surface area contributed by atoms with Gasteiger partial charge < -0.3 is 38.9 Å². The minimum absolute atomic E-state index is 0.00573. The van der Waals surface area contributed by atoms with E-state index in [9.17, 15) is 0 Å². The fourth-order valence-corrected chi connectivity index (χ4v) is 11.8. The van der Waals surface area contributed by atoms with Gasteiger partial charge in [-0.1, -0.05) is 0 Å². The van der Waals surface area contributed by atoms with E-state index in [1.807, 2.05) is 0 Å². The molecular weight excluding hydrogens is 645 g/mol. The highest BCUT2D eigenvalue weighted by Gasteiger charge is 2.53. The molecule has 1 spiro atoms. The molecule has 0 amide bonds. The average Bonchev–Trinajstić information content (AvgIpc) is 3.01. The monoisotopic (exact) mass is 727 g/mol. The highest BCUT2D eigenvalue weighted by atomic mass is 16.5. The van der Waals surface area contributed by atoms with E-state index < -0.39 is 0 Å². The number of piperazine rings is 1. The van der Waals surface area contributed by atoms with Gasteiger partial charge in [-0.2, -0.15) is 0 Å². The molecule has 5 aliphatic heterocycles. The van der Waals surface area contributed by atoms with Crippen LogP contribution in [0.4, 0.5) is 0 Å². The third kappa shape index (κ3) is 10.5. The predicted octanol–water partition coefficient (Wildman–Crippen LogP) is 5.86. The van der Waals surface area contributed by atoms with E-state index in [0.717, 1.165) is 29.6 Å². The molecule has 2 aliphatic carbocycles. The van der Waals surface area contributed by atoms with Gasteiger partial charge in [-0.25, -0.2) is 0 Å². The standard InChI is InChI=1S/C44H82N6O2/c1-33(2)50-14-11-39(27-48-31-44(32-48)29-47(30-44)26-38-22-42(23-38)52-43(6,7)8)40(28-50)19-35(5)49-12-9-36(10-13-49)24-45-15-17-46(18-16-45)25-37-20-41(21-37)51-34(3)4/h33-42H,9-32H2,1-8H3. The summed E-state index contributed by atoms with van der Waals surface area (Å²) in [7, 11) is 0. The molecule has 7 rings (SSSR count). The summed E-state index contributed by atoms with van der Waals surface area (Å²) in [6.07, 6.45) is 12.1. The SMILES string of the molecule is CC(C)OC1CC(CN2CCN(CC3CCN(C(C)CC4CN(C(C)C)CCC4CN4CC5(CN(CC6CC(OC(C)(C)C)C6)C5)C4)CC3)CC2)C1. The van der Waals surface area contributed by atoms with Gasteiger partial charge in [0.2, 0.25) is 0 Å². The van der Waals surface area contributed by atoms with Crippen LogP contribution in [0.2, 0.25) is 0 Å². The van der Waals surface area contributed by atoms with Gasteiger partial charge in [0.05, 0.1) is 23.9 Å². The second kappa shape index (κ2) is 17.0. The van der Waals surface area contributed by atoms with Crippen molar-refractivity contribution in [1.29, 1.82) is 0 Å². The maximum atomic E-state index is 6.20. The Bertz CT molecular complexity index is 1090. The number of hydrogen-bond acceptors (Lipinski definition) is 8. The molecule has 0 aromatic heterocycles. The zero-order valence-electron chi connectivity index (χ0n) is 35.2. The lowest BCUT2D eigenvalue weighted by molar-refractivity contribution is -0.147. The Balaban J connectivity index is 0.783. The lowest BCUT2D eigenvalue weighted by Crippen LogP contribution is -2.73. The molecule has 7 aliphatic rings. The largest absolute Gasteiger partial charge is 0.376 e. The molecule has 5 heterocycles. The summed E-state index contributed by atoms with van der Waals surface area (Å²) in [5, 5.41) is 0. The van der Waals surface area contributed by atoms with Crippen molar-refractivity contribution in [3.05, 3.63) is 0 Å². The molecule has 5 saturated heterocycles. The smallest absolute Gasteiger partial charge is 0.0602 e. The van der Waals surface area contributed by atoms with Crippen LogP contribution in [0.5, 0.6) is 0 Å². The highest BCUT2D eigenvalue weighted by Crippen LogP contribution is 2.44. The zero-order valence-corrected chi connectivity index (χ0v) is 35.2. The van der Waals surface area contributed by atoms with Crippen molar-refractivity contribution in [2.75, 3.05) is 105 Å². The molecule has 8 nitrogen and oxygen atoms in total. The van der Waals surface area contributed by atoms with E-state index >= 15 is 0 Å². The maximum Gasteiger partial charge on any atom is 0.0602 e. The first-order valence-electron chi connectivity index (χ1n) is 22.5. The number of likely N-dealkylation sites (tertiary alicyclic amines) is 4. The number of rotatable bonds is 15. The highest BCUT2D eigenvalue weighted by molar-refractivity contribution is 5.07. The Morgan fingerprint density at radius 2 is 1.10 bits per heavy atom. The molecule has 0 aromatic carbocycles. The van der Waals surface area contributed by atoms with Crippen molar-refractivity contribution in [3.63, 3.8) is 0 Å². The van der Waals surface area contributed by atoms with Gasteiger partial charge >= 0.3 is 0 Å². The summed E-state index contributed by atoms with van der Waals surface area (Å²) in [5.74, 6) is 4.33. The molecule has 52 heavy (non-hydrogen) atoms. The molecule has 3 unspecified atom stereocenters. The molecule has 0 aromatic rings. The van der Waals surface area contributed by atoms with Gasteiger partial charge in [-0.15, -0.1) is 0 Å². The summed E-state index contributed by atoms with van der Waals surface area (Å²) >= 11 is 0. The van der Waals surface area contributed by atoms with E-state index in [1.165, 1.54) is 156 Å². The van der Waals surface area contributed by atoms with E-state index in [4.69, 9.17) is 9.47 Å². The van der Waals surface area contributed by atoms with Crippen LogP contribution in [-0.4, -0.2) is 170 Å². The molecule has 0 bridgehead atoms. The van der Waals surface area contributed by atoms with Crippen LogP contribution in [0.1, 0.15) is 107 Å². The fraction of sp³-hybridized carbons (Fsp3) is 1.00. The van der Waals surface area contributed by atoms with Gasteiger partial charge in [0, 0.05) is 103 Å². The first-order valence-corrected chi connectivity index (χ1v) is 22.5. The van der Waals surface area contributed by atoms with Crippen molar-refractivity contribution in [2.45, 2.75) is 143 Å². The number of ether oxygens (including phenoxy) is 2. The van der Waals surface area contributed by atoms with Gasteiger partial charge in [-0.05, 0) is 156 Å². The normalized spacial score (nSPS) is 35.4. The van der Waals surface area contributed by atoms with Crippen molar-refractivity contribution in [2.24, 2.45) is 35.0 Å². The Morgan fingerprint density at radius 3 is 1.65 bits per heavy atom. The summed E-state index contributed by atoms with van der Waals surface area (Å²) in [5.41, 5.74) is 0.624. The van der Waals surface area contributed by atoms with Crippen LogP contribution >= 0.6 is 0 Å². The lowest BCUT2D eigenvalue weighted by Gasteiger charge is -2.62. The van der Waals surface area contributed by atoms with Gasteiger partial charge in [0.25, 0.3) is 0 Å². The van der Waals surface area contributed by atoms with Crippen molar-refractivity contribution >= 4 is 0 Å².